The van der Waals surface area contributed by atoms with E-state index in [1.54, 1.807) is 43.3 Å². The van der Waals surface area contributed by atoms with Crippen LogP contribution in [0.3, 0.4) is 0 Å². The van der Waals surface area contributed by atoms with Crippen molar-refractivity contribution in [1.82, 2.24) is 4.90 Å². The van der Waals surface area contributed by atoms with E-state index < -0.39 is 30.2 Å². The molecule has 0 aliphatic carbocycles. The lowest BCUT2D eigenvalue weighted by Gasteiger charge is -2.20. The lowest BCUT2D eigenvalue weighted by Crippen LogP contribution is -2.35. The Balaban J connectivity index is 1.67. The number of amides is 1. The van der Waals surface area contributed by atoms with E-state index in [-0.39, 0.29) is 25.5 Å². The SMILES string of the molecule is CCOC(=O)N(CC(=O)O)Cc1cccc(COc2ccc(-c3cc(F)c(F)cc3OC)cc2)c1. The third-order valence-electron chi connectivity index (χ3n) is 5.03. The molecule has 3 aromatic rings. The Labute approximate surface area is 201 Å². The van der Waals surface area contributed by atoms with Crippen LogP contribution < -0.4 is 9.47 Å². The predicted octanol–water partition coefficient (Wildman–Crippen LogP) is 5.26. The van der Waals surface area contributed by atoms with Crippen molar-refractivity contribution < 1.29 is 37.7 Å². The minimum atomic E-state index is -1.14. The maximum Gasteiger partial charge on any atom is 0.410 e. The third-order valence-corrected chi connectivity index (χ3v) is 5.03. The fourth-order valence-corrected chi connectivity index (χ4v) is 3.42. The number of hydrogen-bond acceptors (Lipinski definition) is 5. The van der Waals surface area contributed by atoms with E-state index in [1.165, 1.54) is 7.11 Å². The minimum absolute atomic E-state index is 0.0731. The molecule has 0 fully saturated rings. The van der Waals surface area contributed by atoms with Crippen molar-refractivity contribution in [3.63, 3.8) is 0 Å². The number of carboxylic acids is 1. The molecule has 0 saturated carbocycles. The van der Waals surface area contributed by atoms with Gasteiger partial charge in [-0.3, -0.25) is 9.69 Å². The maximum absolute atomic E-state index is 13.7. The number of carbonyl (C=O) groups is 2. The normalized spacial score (nSPS) is 10.5. The molecule has 1 N–H and O–H groups in total. The number of nitrogens with zero attached hydrogens (tertiary/aromatic N) is 1. The van der Waals surface area contributed by atoms with E-state index in [9.17, 15) is 18.4 Å². The number of rotatable bonds is 10. The molecule has 0 saturated heterocycles. The quantitative estimate of drug-likeness (QED) is 0.422. The van der Waals surface area contributed by atoms with Gasteiger partial charge in [0.2, 0.25) is 0 Å². The van der Waals surface area contributed by atoms with Crippen LogP contribution in [0.1, 0.15) is 18.1 Å². The first kappa shape index (κ1) is 25.5. The summed E-state index contributed by atoms with van der Waals surface area (Å²) >= 11 is 0. The van der Waals surface area contributed by atoms with Gasteiger partial charge in [-0.1, -0.05) is 36.4 Å². The third kappa shape index (κ3) is 6.92. The first-order valence-electron chi connectivity index (χ1n) is 10.8. The topological polar surface area (TPSA) is 85.3 Å². The van der Waals surface area contributed by atoms with E-state index >= 15 is 0 Å². The van der Waals surface area contributed by atoms with Crippen LogP contribution in [0.15, 0.2) is 60.7 Å². The van der Waals surface area contributed by atoms with Crippen LogP contribution in [0.2, 0.25) is 0 Å². The van der Waals surface area contributed by atoms with E-state index in [4.69, 9.17) is 19.3 Å². The summed E-state index contributed by atoms with van der Waals surface area (Å²) in [6, 6.07) is 16.1. The second-order valence-corrected chi connectivity index (χ2v) is 7.55. The standard InChI is InChI=1S/C26H25F2NO6/c1-3-34-26(32)29(15-25(30)31)14-17-5-4-6-18(11-17)16-35-20-9-7-19(8-10-20)21-12-22(27)23(28)13-24(21)33-2/h4-13H,3,14-16H2,1-2H3,(H,30,31). The van der Waals surface area contributed by atoms with Crippen molar-refractivity contribution in [1.29, 1.82) is 0 Å². The van der Waals surface area contributed by atoms with Crippen LogP contribution in [0.5, 0.6) is 11.5 Å². The highest BCUT2D eigenvalue weighted by Gasteiger charge is 2.18. The molecule has 0 atom stereocenters. The largest absolute Gasteiger partial charge is 0.496 e. The minimum Gasteiger partial charge on any atom is -0.496 e. The fourth-order valence-electron chi connectivity index (χ4n) is 3.42. The highest BCUT2D eigenvalue weighted by Crippen LogP contribution is 2.33. The van der Waals surface area contributed by atoms with Gasteiger partial charge in [0.1, 0.15) is 24.7 Å². The monoisotopic (exact) mass is 485 g/mol. The van der Waals surface area contributed by atoms with Gasteiger partial charge in [-0.2, -0.15) is 0 Å². The Morgan fingerprint density at radius 1 is 0.971 bits per heavy atom. The molecule has 3 rings (SSSR count). The van der Waals surface area contributed by atoms with Crippen LogP contribution in [0.4, 0.5) is 13.6 Å². The summed E-state index contributed by atoms with van der Waals surface area (Å²) in [5.41, 5.74) is 2.58. The number of methoxy groups -OCH3 is 1. The summed E-state index contributed by atoms with van der Waals surface area (Å²) in [7, 11) is 1.38. The number of carboxylic acid groups (broad SMARTS) is 1. The van der Waals surface area contributed by atoms with Gasteiger partial charge < -0.3 is 19.3 Å². The number of aliphatic carboxylic acids is 1. The fraction of sp³-hybridized carbons (Fsp3) is 0.231. The highest BCUT2D eigenvalue weighted by atomic mass is 19.2. The zero-order valence-electron chi connectivity index (χ0n) is 19.3. The summed E-state index contributed by atoms with van der Waals surface area (Å²) in [5.74, 6) is -2.32. The summed E-state index contributed by atoms with van der Waals surface area (Å²) in [6.45, 7) is 1.61. The van der Waals surface area contributed by atoms with Crippen molar-refractivity contribution >= 4 is 12.1 Å². The van der Waals surface area contributed by atoms with Gasteiger partial charge >= 0.3 is 12.1 Å². The van der Waals surface area contributed by atoms with Gasteiger partial charge in [0, 0.05) is 18.2 Å². The van der Waals surface area contributed by atoms with Gasteiger partial charge in [0.05, 0.1) is 13.7 Å². The van der Waals surface area contributed by atoms with Gasteiger partial charge in [0.25, 0.3) is 0 Å². The number of halogens is 2. The Morgan fingerprint density at radius 2 is 1.66 bits per heavy atom. The molecule has 3 aromatic carbocycles. The summed E-state index contributed by atoms with van der Waals surface area (Å²) in [4.78, 5) is 24.3. The molecule has 1 amide bonds. The van der Waals surface area contributed by atoms with Crippen LogP contribution in [0, 0.1) is 11.6 Å². The van der Waals surface area contributed by atoms with Gasteiger partial charge in [-0.05, 0) is 41.8 Å². The molecular formula is C26H25F2NO6. The van der Waals surface area contributed by atoms with Crippen LogP contribution in [-0.4, -0.2) is 42.3 Å². The first-order valence-corrected chi connectivity index (χ1v) is 10.8. The van der Waals surface area contributed by atoms with Crippen molar-refractivity contribution in [2.45, 2.75) is 20.1 Å². The lowest BCUT2D eigenvalue weighted by atomic mass is 10.0. The molecule has 0 radical (unpaired) electrons. The number of hydrogen-bond donors (Lipinski definition) is 1. The Morgan fingerprint density at radius 3 is 2.31 bits per heavy atom. The zero-order chi connectivity index (χ0) is 25.4. The van der Waals surface area contributed by atoms with Crippen LogP contribution in [-0.2, 0) is 22.7 Å². The molecule has 0 bridgehead atoms. The molecule has 35 heavy (non-hydrogen) atoms. The molecule has 184 valence electrons. The maximum atomic E-state index is 13.7. The second-order valence-electron chi connectivity index (χ2n) is 7.55. The second kappa shape index (κ2) is 11.8. The van der Waals surface area contributed by atoms with E-state index in [0.717, 1.165) is 28.2 Å². The predicted molar refractivity (Wildman–Crippen MR) is 124 cm³/mol. The molecular weight excluding hydrogens is 460 g/mol. The van der Waals surface area contributed by atoms with Gasteiger partial charge in [-0.15, -0.1) is 0 Å². The lowest BCUT2D eigenvalue weighted by molar-refractivity contribution is -0.138. The molecule has 0 aliphatic rings. The molecule has 9 heteroatoms. The summed E-state index contributed by atoms with van der Waals surface area (Å²) < 4.78 is 43.1. The van der Waals surface area contributed by atoms with E-state index in [2.05, 4.69) is 0 Å². The van der Waals surface area contributed by atoms with Crippen molar-refractivity contribution in [3.05, 3.63) is 83.4 Å². The highest BCUT2D eigenvalue weighted by molar-refractivity contribution is 5.76. The smallest absolute Gasteiger partial charge is 0.410 e. The van der Waals surface area contributed by atoms with Crippen molar-refractivity contribution in [2.24, 2.45) is 0 Å². The molecule has 0 spiro atoms. The van der Waals surface area contributed by atoms with E-state index in [1.807, 2.05) is 12.1 Å². The Bertz CT molecular complexity index is 1180. The molecule has 0 heterocycles. The molecule has 0 unspecified atom stereocenters. The Kier molecular flexibility index (Phi) is 8.61. The zero-order valence-corrected chi connectivity index (χ0v) is 19.3. The average Bonchev–Trinajstić information content (AvgIpc) is 2.84. The van der Waals surface area contributed by atoms with E-state index in [0.29, 0.717) is 16.9 Å². The van der Waals surface area contributed by atoms with Gasteiger partial charge in [-0.25, -0.2) is 13.6 Å². The molecule has 7 nitrogen and oxygen atoms in total. The van der Waals surface area contributed by atoms with Crippen LogP contribution >= 0.6 is 0 Å². The van der Waals surface area contributed by atoms with Crippen molar-refractivity contribution in [3.8, 4) is 22.6 Å². The number of benzene rings is 3. The average molecular weight is 485 g/mol. The number of carbonyl (C=O) groups excluding carboxylic acids is 1. The first-order chi connectivity index (χ1) is 16.8. The van der Waals surface area contributed by atoms with Crippen LogP contribution in [0.25, 0.3) is 11.1 Å². The summed E-state index contributed by atoms with van der Waals surface area (Å²) in [6.07, 6.45) is -0.700. The van der Waals surface area contributed by atoms with Crippen molar-refractivity contribution in [2.75, 3.05) is 20.3 Å². The van der Waals surface area contributed by atoms with Gasteiger partial charge in [0.15, 0.2) is 11.6 Å². The molecule has 0 aliphatic heterocycles. The number of ether oxygens (including phenoxy) is 3. The summed E-state index contributed by atoms with van der Waals surface area (Å²) in [5, 5.41) is 9.08. The molecule has 0 aromatic heterocycles. The Hall–Kier alpha value is -4.14.